The summed E-state index contributed by atoms with van der Waals surface area (Å²) in [5.74, 6) is -0.0965. The molecule has 0 radical (unpaired) electrons. The van der Waals surface area contributed by atoms with Gasteiger partial charge in [0.15, 0.2) is 0 Å². The van der Waals surface area contributed by atoms with Crippen molar-refractivity contribution in [1.82, 2.24) is 15.1 Å². The van der Waals surface area contributed by atoms with Gasteiger partial charge in [-0.15, -0.1) is 0 Å². The Hall–Kier alpha value is -3.08. The largest absolute Gasteiger partial charge is 0.373 e. The first-order valence-corrected chi connectivity index (χ1v) is 8.33. The predicted molar refractivity (Wildman–Crippen MR) is 99.8 cm³/mol. The number of para-hydroxylation sites is 1. The molecule has 25 heavy (non-hydrogen) atoms. The molecule has 1 aromatic heterocycles. The number of carbonyl (C=O) groups is 1. The Morgan fingerprint density at radius 2 is 1.76 bits per heavy atom. The number of rotatable bonds is 7. The van der Waals surface area contributed by atoms with Crippen molar-refractivity contribution in [3.8, 4) is 0 Å². The Bertz CT molecular complexity index is 799. The summed E-state index contributed by atoms with van der Waals surface area (Å²) >= 11 is 0. The highest BCUT2D eigenvalue weighted by atomic mass is 16.1. The Labute approximate surface area is 147 Å². The summed E-state index contributed by atoms with van der Waals surface area (Å²) in [6, 6.07) is 20.2. The molecule has 0 aliphatic heterocycles. The second kappa shape index (κ2) is 8.15. The summed E-state index contributed by atoms with van der Waals surface area (Å²) in [5, 5.41) is 7.21. The fourth-order valence-electron chi connectivity index (χ4n) is 2.59. The maximum atomic E-state index is 12.2. The van der Waals surface area contributed by atoms with Crippen LogP contribution in [0, 0.1) is 0 Å². The summed E-state index contributed by atoms with van der Waals surface area (Å²) in [6.07, 6.45) is 3.39. The van der Waals surface area contributed by atoms with Gasteiger partial charge in [0, 0.05) is 32.0 Å². The van der Waals surface area contributed by atoms with Crippen molar-refractivity contribution in [1.29, 1.82) is 0 Å². The van der Waals surface area contributed by atoms with Crippen LogP contribution in [-0.4, -0.2) is 35.8 Å². The molecule has 0 bridgehead atoms. The molecule has 0 spiro atoms. The number of amides is 1. The van der Waals surface area contributed by atoms with Crippen LogP contribution >= 0.6 is 0 Å². The number of likely N-dealkylation sites (N-methyl/N-ethyl adjacent to an activating group) is 1. The summed E-state index contributed by atoms with van der Waals surface area (Å²) in [7, 11) is 2.01. The fraction of sp³-hybridized carbons (Fsp3) is 0.200. The van der Waals surface area contributed by atoms with E-state index in [1.807, 2.05) is 55.6 Å². The van der Waals surface area contributed by atoms with Gasteiger partial charge in [-0.05, 0) is 17.7 Å². The van der Waals surface area contributed by atoms with Gasteiger partial charge in [0.2, 0.25) is 0 Å². The average molecular weight is 334 g/mol. The van der Waals surface area contributed by atoms with Crippen LogP contribution in [0.25, 0.3) is 0 Å². The first-order valence-electron chi connectivity index (χ1n) is 8.33. The van der Waals surface area contributed by atoms with Gasteiger partial charge < -0.3 is 10.2 Å². The second-order valence-electron chi connectivity index (χ2n) is 5.93. The molecule has 3 aromatic rings. The van der Waals surface area contributed by atoms with Gasteiger partial charge >= 0.3 is 0 Å². The van der Waals surface area contributed by atoms with E-state index in [1.165, 1.54) is 0 Å². The third-order valence-corrected chi connectivity index (χ3v) is 4.01. The standard InChI is InChI=1S/C20H22N4O/c1-23(19-10-6-3-7-11-19)13-12-21-20(25)18-14-22-24(16-18)15-17-8-4-2-5-9-17/h2-11,14,16H,12-13,15H2,1H3,(H,21,25). The molecule has 1 amide bonds. The SMILES string of the molecule is CN(CCNC(=O)c1cnn(Cc2ccccc2)c1)c1ccccc1. The van der Waals surface area contributed by atoms with Crippen LogP contribution in [0.3, 0.4) is 0 Å². The number of benzene rings is 2. The highest BCUT2D eigenvalue weighted by Gasteiger charge is 2.09. The minimum Gasteiger partial charge on any atom is -0.373 e. The van der Waals surface area contributed by atoms with E-state index in [4.69, 9.17) is 0 Å². The Morgan fingerprint density at radius 3 is 2.48 bits per heavy atom. The van der Waals surface area contributed by atoms with Crippen molar-refractivity contribution in [3.05, 3.63) is 84.2 Å². The molecular weight excluding hydrogens is 312 g/mol. The molecule has 0 fully saturated rings. The number of hydrogen-bond donors (Lipinski definition) is 1. The summed E-state index contributed by atoms with van der Waals surface area (Å²) < 4.78 is 1.78. The summed E-state index contributed by atoms with van der Waals surface area (Å²) in [4.78, 5) is 14.4. The third kappa shape index (κ3) is 4.70. The topological polar surface area (TPSA) is 50.2 Å². The summed E-state index contributed by atoms with van der Waals surface area (Å²) in [6.45, 7) is 1.98. The highest BCUT2D eigenvalue weighted by Crippen LogP contribution is 2.10. The molecule has 0 aliphatic carbocycles. The van der Waals surface area contributed by atoms with E-state index in [2.05, 4.69) is 27.4 Å². The first kappa shape index (κ1) is 16.8. The van der Waals surface area contributed by atoms with Crippen molar-refractivity contribution in [2.45, 2.75) is 6.54 Å². The van der Waals surface area contributed by atoms with Crippen LogP contribution in [0.15, 0.2) is 73.1 Å². The van der Waals surface area contributed by atoms with Crippen LogP contribution in [0.5, 0.6) is 0 Å². The summed E-state index contributed by atoms with van der Waals surface area (Å²) in [5.41, 5.74) is 2.87. The quantitative estimate of drug-likeness (QED) is 0.723. The first-order chi connectivity index (χ1) is 12.2. The molecule has 1 N–H and O–H groups in total. The van der Waals surface area contributed by atoms with Crippen LogP contribution in [0.2, 0.25) is 0 Å². The van der Waals surface area contributed by atoms with Gasteiger partial charge in [-0.25, -0.2) is 0 Å². The zero-order valence-electron chi connectivity index (χ0n) is 14.3. The smallest absolute Gasteiger partial charge is 0.254 e. The molecule has 0 aliphatic rings. The predicted octanol–water partition coefficient (Wildman–Crippen LogP) is 2.80. The minimum atomic E-state index is -0.0965. The monoisotopic (exact) mass is 334 g/mol. The van der Waals surface area contributed by atoms with Gasteiger partial charge in [-0.2, -0.15) is 5.10 Å². The molecule has 3 rings (SSSR count). The Kier molecular flexibility index (Phi) is 5.46. The average Bonchev–Trinajstić information content (AvgIpc) is 3.12. The molecule has 0 saturated carbocycles. The lowest BCUT2D eigenvalue weighted by Crippen LogP contribution is -2.32. The Morgan fingerprint density at radius 1 is 1.08 bits per heavy atom. The number of nitrogens with zero attached hydrogens (tertiary/aromatic N) is 3. The zero-order chi connectivity index (χ0) is 17.5. The van der Waals surface area contributed by atoms with Crippen LogP contribution in [-0.2, 0) is 6.54 Å². The Balaban J connectivity index is 1.49. The molecule has 128 valence electrons. The van der Waals surface area contributed by atoms with E-state index in [-0.39, 0.29) is 5.91 Å². The molecule has 0 unspecified atom stereocenters. The lowest BCUT2D eigenvalue weighted by atomic mass is 10.2. The maximum Gasteiger partial charge on any atom is 0.254 e. The molecule has 5 heteroatoms. The molecule has 0 saturated heterocycles. The minimum absolute atomic E-state index is 0.0965. The van der Waals surface area contributed by atoms with Crippen molar-refractivity contribution < 1.29 is 4.79 Å². The number of carbonyl (C=O) groups excluding carboxylic acids is 1. The molecule has 2 aromatic carbocycles. The second-order valence-corrected chi connectivity index (χ2v) is 5.93. The van der Waals surface area contributed by atoms with Gasteiger partial charge in [0.05, 0.1) is 18.3 Å². The maximum absolute atomic E-state index is 12.2. The van der Waals surface area contributed by atoms with Crippen LogP contribution < -0.4 is 10.2 Å². The van der Waals surface area contributed by atoms with Gasteiger partial charge in [-0.1, -0.05) is 48.5 Å². The molecule has 5 nitrogen and oxygen atoms in total. The molecule has 1 heterocycles. The van der Waals surface area contributed by atoms with E-state index in [9.17, 15) is 4.79 Å². The third-order valence-electron chi connectivity index (χ3n) is 4.01. The van der Waals surface area contributed by atoms with Crippen molar-refractivity contribution in [2.75, 3.05) is 25.0 Å². The lowest BCUT2D eigenvalue weighted by molar-refractivity contribution is 0.0954. The number of hydrogen-bond acceptors (Lipinski definition) is 3. The fourth-order valence-corrected chi connectivity index (χ4v) is 2.59. The van der Waals surface area contributed by atoms with E-state index in [0.29, 0.717) is 18.7 Å². The highest BCUT2D eigenvalue weighted by molar-refractivity contribution is 5.93. The van der Waals surface area contributed by atoms with E-state index >= 15 is 0 Å². The number of anilines is 1. The number of aromatic nitrogens is 2. The van der Waals surface area contributed by atoms with Gasteiger partial charge in [-0.3, -0.25) is 9.48 Å². The number of nitrogens with one attached hydrogen (secondary N) is 1. The zero-order valence-corrected chi connectivity index (χ0v) is 14.3. The van der Waals surface area contributed by atoms with Crippen LogP contribution in [0.4, 0.5) is 5.69 Å². The lowest BCUT2D eigenvalue weighted by Gasteiger charge is -2.19. The van der Waals surface area contributed by atoms with E-state index in [1.54, 1.807) is 17.1 Å². The van der Waals surface area contributed by atoms with Crippen molar-refractivity contribution in [2.24, 2.45) is 0 Å². The normalized spacial score (nSPS) is 10.4. The molecule has 0 atom stereocenters. The van der Waals surface area contributed by atoms with Crippen LogP contribution in [0.1, 0.15) is 15.9 Å². The van der Waals surface area contributed by atoms with Crippen molar-refractivity contribution >= 4 is 11.6 Å². The van der Waals surface area contributed by atoms with Crippen molar-refractivity contribution in [3.63, 3.8) is 0 Å². The van der Waals surface area contributed by atoms with Gasteiger partial charge in [0.25, 0.3) is 5.91 Å². The van der Waals surface area contributed by atoms with Gasteiger partial charge in [0.1, 0.15) is 0 Å². The van der Waals surface area contributed by atoms with E-state index in [0.717, 1.165) is 17.8 Å². The molecular formula is C20H22N4O. The van der Waals surface area contributed by atoms with E-state index < -0.39 is 0 Å².